The molecule has 0 N–H and O–H groups in total. The second kappa shape index (κ2) is 4.51. The van der Waals surface area contributed by atoms with Gasteiger partial charge in [-0.1, -0.05) is 31.2 Å². The number of nitrogens with zero attached hydrogens (tertiary/aromatic N) is 1. The molecule has 0 aliphatic heterocycles. The van der Waals surface area contributed by atoms with Gasteiger partial charge in [0.2, 0.25) is 0 Å². The van der Waals surface area contributed by atoms with Crippen LogP contribution in [-0.2, 0) is 11.2 Å². The van der Waals surface area contributed by atoms with E-state index in [9.17, 15) is 0 Å². The molecule has 0 aromatic heterocycles. The Balaban J connectivity index is 2.83. The van der Waals surface area contributed by atoms with Gasteiger partial charge in [-0.3, -0.25) is 0 Å². The molecule has 1 aromatic carbocycles. The average Bonchev–Trinajstić information content (AvgIpc) is 2.18. The highest BCUT2D eigenvalue weighted by molar-refractivity contribution is 5.25. The van der Waals surface area contributed by atoms with Crippen LogP contribution in [0, 0.1) is 11.5 Å². The molecule has 0 fully saturated rings. The van der Waals surface area contributed by atoms with Gasteiger partial charge >= 0.3 is 0 Å². The minimum absolute atomic E-state index is 0.142. The van der Waals surface area contributed by atoms with Gasteiger partial charge < -0.3 is 4.74 Å². The first-order valence-electron chi connectivity index (χ1n) is 4.41. The monoisotopic (exact) mass is 175 g/mol. The molecule has 1 aromatic rings. The van der Waals surface area contributed by atoms with Gasteiger partial charge in [-0.25, -0.2) is 0 Å². The van der Waals surface area contributed by atoms with E-state index in [0.29, 0.717) is 0 Å². The van der Waals surface area contributed by atoms with Crippen LogP contribution >= 0.6 is 0 Å². The fourth-order valence-electron chi connectivity index (χ4n) is 1.21. The molecule has 0 heterocycles. The van der Waals surface area contributed by atoms with Gasteiger partial charge in [-0.05, 0) is 24.5 Å². The summed E-state index contributed by atoms with van der Waals surface area (Å²) in [6.45, 7) is 3.98. The largest absolute Gasteiger partial charge is 0.420 e. The summed E-state index contributed by atoms with van der Waals surface area (Å²) in [5, 5.41) is 8.35. The highest BCUT2D eigenvalue weighted by atomic mass is 16.5. The molecule has 1 unspecified atom stereocenters. The second-order valence-electron chi connectivity index (χ2n) is 2.95. The van der Waals surface area contributed by atoms with E-state index in [1.54, 1.807) is 6.26 Å². The summed E-state index contributed by atoms with van der Waals surface area (Å²) in [5.41, 5.74) is 2.33. The third-order valence-corrected chi connectivity index (χ3v) is 2.06. The Morgan fingerprint density at radius 3 is 2.92 bits per heavy atom. The van der Waals surface area contributed by atoms with E-state index in [1.807, 2.05) is 19.1 Å². The number of benzene rings is 1. The van der Waals surface area contributed by atoms with Crippen LogP contribution in [0.3, 0.4) is 0 Å². The Kier molecular flexibility index (Phi) is 3.33. The van der Waals surface area contributed by atoms with Crippen LogP contribution in [-0.4, -0.2) is 0 Å². The summed E-state index contributed by atoms with van der Waals surface area (Å²) in [6, 6.07) is 8.11. The highest BCUT2D eigenvalue weighted by Crippen LogP contribution is 2.17. The van der Waals surface area contributed by atoms with E-state index >= 15 is 0 Å². The van der Waals surface area contributed by atoms with Crippen LogP contribution in [0.5, 0.6) is 0 Å². The molecule has 2 heteroatoms. The first-order valence-corrected chi connectivity index (χ1v) is 4.41. The van der Waals surface area contributed by atoms with Gasteiger partial charge in [0, 0.05) is 0 Å². The van der Waals surface area contributed by atoms with Crippen molar-refractivity contribution in [2.45, 2.75) is 26.4 Å². The Hall–Kier alpha value is -1.49. The van der Waals surface area contributed by atoms with Gasteiger partial charge in [-0.2, -0.15) is 5.26 Å². The lowest BCUT2D eigenvalue weighted by atomic mass is 10.1. The maximum Gasteiger partial charge on any atom is 0.286 e. The Labute approximate surface area is 78.8 Å². The number of hydrogen-bond donors (Lipinski definition) is 0. The van der Waals surface area contributed by atoms with Crippen molar-refractivity contribution in [2.75, 3.05) is 0 Å². The Morgan fingerprint density at radius 2 is 2.31 bits per heavy atom. The zero-order valence-corrected chi connectivity index (χ0v) is 7.95. The van der Waals surface area contributed by atoms with Crippen molar-refractivity contribution in [1.82, 2.24) is 0 Å². The number of ether oxygens (including phenoxy) is 1. The predicted molar refractivity (Wildman–Crippen MR) is 50.9 cm³/mol. The molecule has 0 spiro atoms. The van der Waals surface area contributed by atoms with Crippen LogP contribution in [0.25, 0.3) is 0 Å². The standard InChI is InChI=1S/C11H13NO/c1-3-10-5-4-6-11(7-10)9(2)13-8-12/h4-7,9H,3H2,1-2H3. The molecule has 2 nitrogen and oxygen atoms in total. The zero-order chi connectivity index (χ0) is 9.68. The highest BCUT2D eigenvalue weighted by Gasteiger charge is 2.05. The van der Waals surface area contributed by atoms with E-state index in [1.165, 1.54) is 5.56 Å². The van der Waals surface area contributed by atoms with Crippen LogP contribution in [0.4, 0.5) is 0 Å². The molecule has 0 bridgehead atoms. The minimum Gasteiger partial charge on any atom is -0.420 e. The number of aryl methyl sites for hydroxylation is 1. The lowest BCUT2D eigenvalue weighted by molar-refractivity contribution is 0.182. The van der Waals surface area contributed by atoms with E-state index in [4.69, 9.17) is 10.00 Å². The fourth-order valence-corrected chi connectivity index (χ4v) is 1.21. The summed E-state index contributed by atoms with van der Waals surface area (Å²) in [4.78, 5) is 0. The number of nitriles is 1. The van der Waals surface area contributed by atoms with Crippen LogP contribution in [0.2, 0.25) is 0 Å². The molecular formula is C11H13NO. The van der Waals surface area contributed by atoms with E-state index < -0.39 is 0 Å². The molecule has 1 atom stereocenters. The van der Waals surface area contributed by atoms with E-state index in [0.717, 1.165) is 12.0 Å². The normalized spacial score (nSPS) is 11.8. The van der Waals surface area contributed by atoms with Crippen molar-refractivity contribution in [1.29, 1.82) is 5.26 Å². The molecule has 1 rings (SSSR count). The van der Waals surface area contributed by atoms with Crippen molar-refractivity contribution in [2.24, 2.45) is 0 Å². The van der Waals surface area contributed by atoms with Gasteiger partial charge in [0.1, 0.15) is 6.10 Å². The lowest BCUT2D eigenvalue weighted by Gasteiger charge is -2.09. The molecule has 68 valence electrons. The van der Waals surface area contributed by atoms with Crippen molar-refractivity contribution in [3.8, 4) is 6.26 Å². The van der Waals surface area contributed by atoms with Crippen LogP contribution in [0.1, 0.15) is 31.1 Å². The Morgan fingerprint density at radius 1 is 1.54 bits per heavy atom. The first-order chi connectivity index (χ1) is 6.27. The SMILES string of the molecule is CCc1cccc(C(C)OC#N)c1. The lowest BCUT2D eigenvalue weighted by Crippen LogP contribution is -1.95. The topological polar surface area (TPSA) is 33.0 Å². The van der Waals surface area contributed by atoms with E-state index in [2.05, 4.69) is 19.1 Å². The van der Waals surface area contributed by atoms with E-state index in [-0.39, 0.29) is 6.10 Å². The minimum atomic E-state index is -0.142. The van der Waals surface area contributed by atoms with Crippen molar-refractivity contribution in [3.05, 3.63) is 35.4 Å². The van der Waals surface area contributed by atoms with Crippen LogP contribution < -0.4 is 0 Å². The summed E-state index contributed by atoms with van der Waals surface area (Å²) < 4.78 is 4.83. The second-order valence-corrected chi connectivity index (χ2v) is 2.95. The zero-order valence-electron chi connectivity index (χ0n) is 7.95. The predicted octanol–water partition coefficient (Wildman–Crippen LogP) is 2.81. The van der Waals surface area contributed by atoms with Crippen molar-refractivity contribution in [3.63, 3.8) is 0 Å². The fraction of sp³-hybridized carbons (Fsp3) is 0.364. The van der Waals surface area contributed by atoms with Crippen molar-refractivity contribution >= 4 is 0 Å². The van der Waals surface area contributed by atoms with Gasteiger partial charge in [0.25, 0.3) is 6.26 Å². The maximum absolute atomic E-state index is 8.35. The van der Waals surface area contributed by atoms with Gasteiger partial charge in [0.15, 0.2) is 0 Å². The Bertz CT molecular complexity index is 314. The number of rotatable bonds is 3. The van der Waals surface area contributed by atoms with Gasteiger partial charge in [-0.15, -0.1) is 0 Å². The summed E-state index contributed by atoms with van der Waals surface area (Å²) in [6.07, 6.45) is 2.57. The quantitative estimate of drug-likeness (QED) is 0.662. The summed E-state index contributed by atoms with van der Waals surface area (Å²) in [5.74, 6) is 0. The summed E-state index contributed by atoms with van der Waals surface area (Å²) in [7, 11) is 0. The average molecular weight is 175 g/mol. The smallest absolute Gasteiger partial charge is 0.286 e. The molecule has 0 saturated heterocycles. The molecule has 0 aliphatic rings. The molecule has 0 aliphatic carbocycles. The maximum atomic E-state index is 8.35. The van der Waals surface area contributed by atoms with Crippen molar-refractivity contribution < 1.29 is 4.74 Å². The molecular weight excluding hydrogens is 162 g/mol. The molecule has 13 heavy (non-hydrogen) atoms. The third kappa shape index (κ3) is 2.48. The van der Waals surface area contributed by atoms with Crippen LogP contribution in [0.15, 0.2) is 24.3 Å². The molecule has 0 amide bonds. The summed E-state index contributed by atoms with van der Waals surface area (Å²) >= 11 is 0. The first kappa shape index (κ1) is 9.60. The molecule has 0 radical (unpaired) electrons. The van der Waals surface area contributed by atoms with Gasteiger partial charge in [0.05, 0.1) is 0 Å². The number of hydrogen-bond acceptors (Lipinski definition) is 2. The molecule has 0 saturated carbocycles. The third-order valence-electron chi connectivity index (χ3n) is 2.06.